The molecule has 0 aliphatic rings. The van der Waals surface area contributed by atoms with Gasteiger partial charge in [0.15, 0.2) is 9.84 Å². The maximum atomic E-state index is 11.4. The molecular weight excluding hydrogens is 274 g/mol. The van der Waals surface area contributed by atoms with Crippen LogP contribution in [-0.2, 0) is 16.3 Å². The first-order valence-corrected chi connectivity index (χ1v) is 8.00. The maximum absolute atomic E-state index is 11.4. The van der Waals surface area contributed by atoms with Crippen LogP contribution in [0.15, 0.2) is 18.2 Å². The smallest absolute Gasteiger partial charge is 0.153 e. The van der Waals surface area contributed by atoms with Crippen molar-refractivity contribution in [2.75, 3.05) is 24.7 Å². The van der Waals surface area contributed by atoms with Crippen molar-refractivity contribution in [3.63, 3.8) is 0 Å². The van der Waals surface area contributed by atoms with E-state index in [1.807, 2.05) is 12.1 Å². The van der Waals surface area contributed by atoms with Crippen molar-refractivity contribution in [2.24, 2.45) is 5.73 Å². The van der Waals surface area contributed by atoms with E-state index >= 15 is 0 Å². The molecule has 0 atom stereocenters. The fourth-order valence-corrected chi connectivity index (χ4v) is 2.36. The number of halogens is 1. The van der Waals surface area contributed by atoms with Gasteiger partial charge in [0.25, 0.3) is 0 Å². The summed E-state index contributed by atoms with van der Waals surface area (Å²) in [6.07, 6.45) is 0.649. The summed E-state index contributed by atoms with van der Waals surface area (Å²) in [7, 11) is -3.02. The van der Waals surface area contributed by atoms with Crippen molar-refractivity contribution in [2.45, 2.75) is 13.3 Å². The molecule has 2 N–H and O–H groups in total. The van der Waals surface area contributed by atoms with E-state index in [-0.39, 0.29) is 18.1 Å². The average Bonchev–Trinajstić information content (AvgIpc) is 2.33. The number of para-hydroxylation sites is 1. The highest BCUT2D eigenvalue weighted by Gasteiger charge is 2.11. The van der Waals surface area contributed by atoms with Gasteiger partial charge in [-0.3, -0.25) is 0 Å². The molecule has 1 aromatic rings. The van der Waals surface area contributed by atoms with Crippen molar-refractivity contribution < 1.29 is 13.2 Å². The minimum Gasteiger partial charge on any atom is -0.491 e. The summed E-state index contributed by atoms with van der Waals surface area (Å²) in [5.74, 6) is 0.654. The first kappa shape index (κ1) is 15.3. The molecule has 0 unspecified atom stereocenters. The molecule has 0 amide bonds. The molecule has 0 spiro atoms. The standard InChI is InChI=1S/C12H18ClNO3S/c1-2-18(15,16)9-8-17-12-10(6-7-14)4-3-5-11(12)13/h3-5H,2,6-9,14H2,1H3. The van der Waals surface area contributed by atoms with Crippen molar-refractivity contribution in [1.82, 2.24) is 0 Å². The van der Waals surface area contributed by atoms with Gasteiger partial charge in [0.1, 0.15) is 12.4 Å². The number of benzene rings is 1. The maximum Gasteiger partial charge on any atom is 0.153 e. The summed E-state index contributed by atoms with van der Waals surface area (Å²) < 4.78 is 28.2. The highest BCUT2D eigenvalue weighted by atomic mass is 35.5. The van der Waals surface area contributed by atoms with E-state index in [9.17, 15) is 8.42 Å². The Balaban J connectivity index is 2.72. The van der Waals surface area contributed by atoms with Crippen LogP contribution in [0.3, 0.4) is 0 Å². The summed E-state index contributed by atoms with van der Waals surface area (Å²) in [5, 5.41) is 0.481. The lowest BCUT2D eigenvalue weighted by Gasteiger charge is -2.12. The molecule has 0 radical (unpaired) electrons. The molecule has 0 heterocycles. The van der Waals surface area contributed by atoms with Gasteiger partial charge in [0, 0.05) is 5.75 Å². The van der Waals surface area contributed by atoms with Crippen LogP contribution < -0.4 is 10.5 Å². The van der Waals surface area contributed by atoms with E-state index in [0.717, 1.165) is 5.56 Å². The second-order valence-electron chi connectivity index (χ2n) is 3.85. The van der Waals surface area contributed by atoms with Crippen LogP contribution in [-0.4, -0.2) is 33.1 Å². The molecule has 4 nitrogen and oxygen atoms in total. The van der Waals surface area contributed by atoms with Crippen LogP contribution in [0.2, 0.25) is 5.02 Å². The molecule has 0 fully saturated rings. The van der Waals surface area contributed by atoms with Crippen LogP contribution >= 0.6 is 11.6 Å². The Morgan fingerprint density at radius 2 is 2.11 bits per heavy atom. The molecule has 18 heavy (non-hydrogen) atoms. The topological polar surface area (TPSA) is 69.4 Å². The van der Waals surface area contributed by atoms with Crippen LogP contribution in [0.4, 0.5) is 0 Å². The van der Waals surface area contributed by atoms with Crippen LogP contribution in [0, 0.1) is 0 Å². The first-order valence-electron chi connectivity index (χ1n) is 5.81. The fraction of sp³-hybridized carbons (Fsp3) is 0.500. The van der Waals surface area contributed by atoms with Crippen LogP contribution in [0.1, 0.15) is 12.5 Å². The lowest BCUT2D eigenvalue weighted by molar-refractivity contribution is 0.337. The van der Waals surface area contributed by atoms with E-state index in [1.165, 1.54) is 0 Å². The number of sulfone groups is 1. The Bertz CT molecular complexity index is 488. The Morgan fingerprint density at radius 3 is 2.72 bits per heavy atom. The number of ether oxygens (including phenoxy) is 1. The third-order valence-electron chi connectivity index (χ3n) is 2.54. The molecule has 6 heteroatoms. The number of hydrogen-bond acceptors (Lipinski definition) is 4. The highest BCUT2D eigenvalue weighted by molar-refractivity contribution is 7.91. The summed E-state index contributed by atoms with van der Waals surface area (Å²) >= 11 is 6.03. The van der Waals surface area contributed by atoms with E-state index in [4.69, 9.17) is 22.1 Å². The van der Waals surface area contributed by atoms with Gasteiger partial charge >= 0.3 is 0 Å². The van der Waals surface area contributed by atoms with Gasteiger partial charge in [-0.1, -0.05) is 30.7 Å². The SMILES string of the molecule is CCS(=O)(=O)CCOc1c(Cl)cccc1CCN. The van der Waals surface area contributed by atoms with E-state index in [0.29, 0.717) is 23.7 Å². The molecule has 0 saturated heterocycles. The molecule has 0 aromatic heterocycles. The molecule has 0 aliphatic carbocycles. The van der Waals surface area contributed by atoms with E-state index in [2.05, 4.69) is 0 Å². The predicted octanol–water partition coefficient (Wildman–Crippen LogP) is 1.65. The average molecular weight is 292 g/mol. The van der Waals surface area contributed by atoms with E-state index in [1.54, 1.807) is 13.0 Å². The zero-order chi connectivity index (χ0) is 13.6. The molecular formula is C12H18ClNO3S. The van der Waals surface area contributed by atoms with Crippen molar-refractivity contribution in [1.29, 1.82) is 0 Å². The van der Waals surface area contributed by atoms with Crippen molar-refractivity contribution in [3.8, 4) is 5.75 Å². The van der Waals surface area contributed by atoms with Crippen molar-refractivity contribution in [3.05, 3.63) is 28.8 Å². The Kier molecular flexibility index (Phi) is 5.91. The Labute approximate surface area is 113 Å². The third kappa shape index (κ3) is 4.48. The number of nitrogens with two attached hydrogens (primary N) is 1. The minimum absolute atomic E-state index is 0.00319. The predicted molar refractivity (Wildman–Crippen MR) is 74.0 cm³/mol. The zero-order valence-corrected chi connectivity index (χ0v) is 11.9. The Morgan fingerprint density at radius 1 is 1.39 bits per heavy atom. The molecule has 0 bridgehead atoms. The van der Waals surface area contributed by atoms with Gasteiger partial charge in [-0.25, -0.2) is 8.42 Å². The summed E-state index contributed by atoms with van der Waals surface area (Å²) in [6.45, 7) is 2.21. The summed E-state index contributed by atoms with van der Waals surface area (Å²) in [5.41, 5.74) is 6.41. The first-order chi connectivity index (χ1) is 8.50. The molecule has 0 saturated carbocycles. The van der Waals surface area contributed by atoms with Crippen LogP contribution in [0.25, 0.3) is 0 Å². The van der Waals surface area contributed by atoms with Gasteiger partial charge in [-0.05, 0) is 24.6 Å². The second-order valence-corrected chi connectivity index (χ2v) is 6.73. The molecule has 0 aliphatic heterocycles. The van der Waals surface area contributed by atoms with Gasteiger partial charge in [0.05, 0.1) is 10.8 Å². The zero-order valence-electron chi connectivity index (χ0n) is 10.4. The van der Waals surface area contributed by atoms with Gasteiger partial charge in [-0.2, -0.15) is 0 Å². The van der Waals surface area contributed by atoms with Gasteiger partial charge in [-0.15, -0.1) is 0 Å². The largest absolute Gasteiger partial charge is 0.491 e. The quantitative estimate of drug-likeness (QED) is 0.829. The highest BCUT2D eigenvalue weighted by Crippen LogP contribution is 2.28. The van der Waals surface area contributed by atoms with E-state index < -0.39 is 9.84 Å². The summed E-state index contributed by atoms with van der Waals surface area (Å²) in [4.78, 5) is 0. The normalized spacial score (nSPS) is 11.5. The third-order valence-corrected chi connectivity index (χ3v) is 4.51. The summed E-state index contributed by atoms with van der Waals surface area (Å²) in [6, 6.07) is 5.41. The van der Waals surface area contributed by atoms with Crippen molar-refractivity contribution >= 4 is 21.4 Å². The second kappa shape index (κ2) is 6.97. The minimum atomic E-state index is -3.02. The number of rotatable bonds is 7. The monoisotopic (exact) mass is 291 g/mol. The molecule has 1 rings (SSSR count). The lowest BCUT2D eigenvalue weighted by Crippen LogP contribution is -2.16. The van der Waals surface area contributed by atoms with Gasteiger partial charge < -0.3 is 10.5 Å². The van der Waals surface area contributed by atoms with Gasteiger partial charge in [0.2, 0.25) is 0 Å². The Hall–Kier alpha value is -0.780. The fourth-order valence-electron chi connectivity index (χ4n) is 1.48. The molecule has 102 valence electrons. The number of hydrogen-bond donors (Lipinski definition) is 1. The lowest BCUT2D eigenvalue weighted by atomic mass is 10.1. The molecule has 1 aromatic carbocycles. The van der Waals surface area contributed by atoms with Crippen LogP contribution in [0.5, 0.6) is 5.75 Å².